The van der Waals surface area contributed by atoms with Gasteiger partial charge in [-0.15, -0.1) is 11.6 Å². The fourth-order valence-corrected chi connectivity index (χ4v) is 3.00. The molecule has 134 valence electrons. The van der Waals surface area contributed by atoms with E-state index < -0.39 is 36.4 Å². The van der Waals surface area contributed by atoms with Gasteiger partial charge in [-0.25, -0.2) is 0 Å². The van der Waals surface area contributed by atoms with Crippen molar-refractivity contribution in [1.29, 1.82) is 0 Å². The summed E-state index contributed by atoms with van der Waals surface area (Å²) >= 11 is 5.69. The van der Waals surface area contributed by atoms with Crippen LogP contribution in [0.3, 0.4) is 0 Å². The Morgan fingerprint density at radius 1 is 1.39 bits per heavy atom. The highest BCUT2D eigenvalue weighted by molar-refractivity contribution is 6.18. The lowest BCUT2D eigenvalue weighted by Crippen LogP contribution is -2.65. The van der Waals surface area contributed by atoms with Crippen molar-refractivity contribution in [3.05, 3.63) is 0 Å². The van der Waals surface area contributed by atoms with Gasteiger partial charge in [0, 0.05) is 32.1 Å². The van der Waals surface area contributed by atoms with Gasteiger partial charge in [0.25, 0.3) is 0 Å². The predicted molar refractivity (Wildman–Crippen MR) is 85.3 cm³/mol. The lowest BCUT2D eigenvalue weighted by molar-refractivity contribution is -0.126. The summed E-state index contributed by atoms with van der Waals surface area (Å²) < 4.78 is 0. The molecule has 2 amide bonds. The van der Waals surface area contributed by atoms with Gasteiger partial charge >= 0.3 is 0 Å². The molecule has 9 nitrogen and oxygen atoms in total. The maximum atomic E-state index is 11.6. The monoisotopic (exact) mass is 351 g/mol. The molecule has 0 radical (unpaired) electrons. The number of rotatable bonds is 8. The molecular formula is C13H26ClN5O4. The Morgan fingerprint density at radius 3 is 2.52 bits per heavy atom. The van der Waals surface area contributed by atoms with Crippen molar-refractivity contribution in [2.24, 2.45) is 11.5 Å². The molecule has 1 heterocycles. The molecule has 1 fully saturated rings. The minimum absolute atomic E-state index is 0.0387. The van der Waals surface area contributed by atoms with Gasteiger partial charge in [0.05, 0.1) is 18.5 Å². The summed E-state index contributed by atoms with van der Waals surface area (Å²) in [6.07, 6.45) is -1.71. The Hall–Kier alpha value is -0.970. The summed E-state index contributed by atoms with van der Waals surface area (Å²) in [7, 11) is 0. The van der Waals surface area contributed by atoms with Gasteiger partial charge in [0.2, 0.25) is 11.8 Å². The van der Waals surface area contributed by atoms with Crippen LogP contribution in [0.5, 0.6) is 0 Å². The fourth-order valence-electron chi connectivity index (χ4n) is 2.80. The number of alkyl halides is 1. The van der Waals surface area contributed by atoms with Gasteiger partial charge in [0.15, 0.2) is 0 Å². The average molecular weight is 352 g/mol. The highest BCUT2D eigenvalue weighted by Crippen LogP contribution is 2.19. The second kappa shape index (κ2) is 9.36. The molecular weight excluding hydrogens is 326 g/mol. The summed E-state index contributed by atoms with van der Waals surface area (Å²) in [5, 5.41) is 22.6. The third-order valence-corrected chi connectivity index (χ3v) is 4.23. The minimum atomic E-state index is -0.838. The van der Waals surface area contributed by atoms with Gasteiger partial charge in [-0.1, -0.05) is 0 Å². The fraction of sp³-hybridized carbons (Fsp3) is 0.846. The van der Waals surface area contributed by atoms with Crippen molar-refractivity contribution in [2.45, 2.75) is 37.9 Å². The van der Waals surface area contributed by atoms with Crippen molar-refractivity contribution in [1.82, 2.24) is 15.1 Å². The lowest BCUT2D eigenvalue weighted by Gasteiger charge is -2.46. The van der Waals surface area contributed by atoms with Crippen LogP contribution in [0.2, 0.25) is 0 Å². The molecule has 10 heteroatoms. The van der Waals surface area contributed by atoms with E-state index in [-0.39, 0.29) is 18.8 Å². The predicted octanol–water partition coefficient (Wildman–Crippen LogP) is -2.81. The van der Waals surface area contributed by atoms with Crippen molar-refractivity contribution < 1.29 is 19.8 Å². The van der Waals surface area contributed by atoms with Crippen LogP contribution in [-0.4, -0.2) is 88.4 Å². The van der Waals surface area contributed by atoms with Gasteiger partial charge in [-0.05, 0) is 6.92 Å². The first kappa shape index (κ1) is 20.1. The number of piperazine rings is 1. The SMILES string of the molecule is CC(O)N1CCN(C(O)CCl)CC1C(CC(N)=O)NC(=O)CN. The number of nitrogens with two attached hydrogens (primary N) is 2. The smallest absolute Gasteiger partial charge is 0.234 e. The number of aliphatic hydroxyl groups excluding tert-OH is 2. The third-order valence-electron chi connectivity index (χ3n) is 3.95. The zero-order valence-electron chi connectivity index (χ0n) is 13.2. The van der Waals surface area contributed by atoms with Crippen LogP contribution in [0.15, 0.2) is 0 Å². The van der Waals surface area contributed by atoms with Crippen LogP contribution in [0, 0.1) is 0 Å². The van der Waals surface area contributed by atoms with Gasteiger partial charge < -0.3 is 27.0 Å². The largest absolute Gasteiger partial charge is 0.379 e. The first-order chi connectivity index (χ1) is 10.8. The van der Waals surface area contributed by atoms with E-state index in [1.807, 2.05) is 0 Å². The van der Waals surface area contributed by atoms with E-state index in [0.717, 1.165) is 0 Å². The number of nitrogens with one attached hydrogen (secondary N) is 1. The van der Waals surface area contributed by atoms with E-state index >= 15 is 0 Å². The Morgan fingerprint density at radius 2 is 2.04 bits per heavy atom. The van der Waals surface area contributed by atoms with Gasteiger partial charge in [-0.3, -0.25) is 19.4 Å². The van der Waals surface area contributed by atoms with Crippen LogP contribution >= 0.6 is 11.6 Å². The molecule has 4 unspecified atom stereocenters. The minimum Gasteiger partial charge on any atom is -0.379 e. The number of halogens is 1. The van der Waals surface area contributed by atoms with Crippen molar-refractivity contribution >= 4 is 23.4 Å². The molecule has 0 aromatic rings. The van der Waals surface area contributed by atoms with Crippen LogP contribution in [0.4, 0.5) is 0 Å². The molecule has 0 spiro atoms. The van der Waals surface area contributed by atoms with Crippen LogP contribution in [0.25, 0.3) is 0 Å². The maximum Gasteiger partial charge on any atom is 0.234 e. The van der Waals surface area contributed by atoms with Crippen LogP contribution in [-0.2, 0) is 9.59 Å². The van der Waals surface area contributed by atoms with Crippen LogP contribution in [0.1, 0.15) is 13.3 Å². The molecule has 1 rings (SSSR count). The molecule has 0 aromatic heterocycles. The molecule has 0 aliphatic carbocycles. The van der Waals surface area contributed by atoms with E-state index in [1.54, 1.807) is 16.7 Å². The van der Waals surface area contributed by atoms with Gasteiger partial charge in [-0.2, -0.15) is 0 Å². The molecule has 1 saturated heterocycles. The number of amides is 2. The number of hydrogen-bond donors (Lipinski definition) is 5. The average Bonchev–Trinajstić information content (AvgIpc) is 2.52. The quantitative estimate of drug-likeness (QED) is 0.297. The number of nitrogens with zero attached hydrogens (tertiary/aromatic N) is 2. The normalized spacial score (nSPS) is 24.0. The topological polar surface area (TPSA) is 145 Å². The van der Waals surface area contributed by atoms with Crippen molar-refractivity contribution in [3.63, 3.8) is 0 Å². The second-order valence-corrected chi connectivity index (χ2v) is 5.92. The Bertz CT molecular complexity index is 412. The van der Waals surface area contributed by atoms with E-state index in [2.05, 4.69) is 5.32 Å². The van der Waals surface area contributed by atoms with Crippen LogP contribution < -0.4 is 16.8 Å². The summed E-state index contributed by atoms with van der Waals surface area (Å²) in [6, 6.07) is -1.03. The molecule has 4 atom stereocenters. The second-order valence-electron chi connectivity index (χ2n) is 5.62. The summed E-state index contributed by atoms with van der Waals surface area (Å²) in [5.74, 6) is -0.957. The Balaban J connectivity index is 2.97. The molecule has 23 heavy (non-hydrogen) atoms. The third kappa shape index (κ3) is 5.87. The zero-order chi connectivity index (χ0) is 17.6. The van der Waals surface area contributed by atoms with Crippen molar-refractivity contribution in [2.75, 3.05) is 32.1 Å². The number of carbonyl (C=O) groups excluding carboxylic acids is 2. The standard InChI is InChI=1S/C13H26ClN5O4/c1-8(20)19-3-2-18(13(23)5-14)7-10(19)9(4-11(16)21)17-12(22)6-15/h8-10,13,20,23H,2-7,15H2,1H3,(H2,16,21)(H,17,22). The molecule has 0 saturated carbocycles. The summed E-state index contributed by atoms with van der Waals surface area (Å²) in [6.45, 7) is 2.66. The summed E-state index contributed by atoms with van der Waals surface area (Å²) in [4.78, 5) is 26.5. The van der Waals surface area contributed by atoms with Gasteiger partial charge in [0.1, 0.15) is 12.5 Å². The first-order valence-electron chi connectivity index (χ1n) is 7.49. The van der Waals surface area contributed by atoms with E-state index in [1.165, 1.54) is 0 Å². The van der Waals surface area contributed by atoms with E-state index in [4.69, 9.17) is 23.1 Å². The first-order valence-corrected chi connectivity index (χ1v) is 8.03. The Labute approximate surface area is 140 Å². The van der Waals surface area contributed by atoms with Crippen molar-refractivity contribution in [3.8, 4) is 0 Å². The number of primary amides is 1. The Kier molecular flexibility index (Phi) is 8.17. The highest BCUT2D eigenvalue weighted by Gasteiger charge is 2.37. The molecule has 0 aromatic carbocycles. The number of hydrogen-bond acceptors (Lipinski definition) is 7. The molecule has 1 aliphatic heterocycles. The van der Waals surface area contributed by atoms with E-state index in [0.29, 0.717) is 19.6 Å². The molecule has 7 N–H and O–H groups in total. The number of aliphatic hydroxyl groups is 2. The lowest BCUT2D eigenvalue weighted by atomic mass is 9.99. The highest BCUT2D eigenvalue weighted by atomic mass is 35.5. The zero-order valence-corrected chi connectivity index (χ0v) is 13.9. The number of carbonyl (C=O) groups is 2. The molecule has 1 aliphatic rings. The van der Waals surface area contributed by atoms with E-state index in [9.17, 15) is 19.8 Å². The maximum absolute atomic E-state index is 11.6. The summed E-state index contributed by atoms with van der Waals surface area (Å²) in [5.41, 5.74) is 10.6. The molecule has 0 bridgehead atoms.